The first-order valence-electron chi connectivity index (χ1n) is 17.4. The zero-order valence-corrected chi connectivity index (χ0v) is 28.2. The van der Waals surface area contributed by atoms with Crippen molar-refractivity contribution in [2.45, 2.75) is 129 Å². The van der Waals surface area contributed by atoms with Crippen LogP contribution in [0.4, 0.5) is 0 Å². The quantitative estimate of drug-likeness (QED) is 0.0693. The zero-order chi connectivity index (χ0) is 37.2. The number of Topliss-reactive ketones (excluding diaryl/α,β-unsaturated/α-hetero) is 1. The third-order valence-corrected chi connectivity index (χ3v) is 10.5. The first-order valence-corrected chi connectivity index (χ1v) is 17.4. The lowest BCUT2D eigenvalue weighted by Crippen LogP contribution is -2.66. The highest BCUT2D eigenvalue weighted by Crippen LogP contribution is 2.38. The van der Waals surface area contributed by atoms with Crippen LogP contribution in [-0.4, -0.2) is 202 Å². The third-order valence-electron chi connectivity index (χ3n) is 10.5. The second-order valence-electron chi connectivity index (χ2n) is 14.2. The minimum Gasteiger partial charge on any atom is -0.395 e. The number of β-amino-alcohol motifs (C(OH)–C–C–N with tert-alkyl or cyclic N) is 1. The van der Waals surface area contributed by atoms with Gasteiger partial charge < -0.3 is 103 Å². The molecule has 21 heteroatoms. The maximum absolute atomic E-state index is 13.0. The summed E-state index contributed by atoms with van der Waals surface area (Å²) in [5, 5.41) is 90.0. The molecule has 5 aliphatic rings. The topological polar surface area (TPSA) is 362 Å². The van der Waals surface area contributed by atoms with Crippen molar-refractivity contribution in [1.82, 2.24) is 10.6 Å². The maximum atomic E-state index is 13.0. The summed E-state index contributed by atoms with van der Waals surface area (Å²) < 4.78 is 35.8. The van der Waals surface area contributed by atoms with Crippen molar-refractivity contribution in [2.75, 3.05) is 45.9 Å². The summed E-state index contributed by atoms with van der Waals surface area (Å²) in [5.41, 5.74) is 23.0. The lowest BCUT2D eigenvalue weighted by atomic mass is 9.74. The van der Waals surface area contributed by atoms with Gasteiger partial charge in [0.15, 0.2) is 24.7 Å². The molecule has 5 rings (SSSR count). The van der Waals surface area contributed by atoms with E-state index in [0.717, 1.165) is 0 Å². The lowest BCUT2D eigenvalue weighted by molar-refractivity contribution is -0.299. The number of ketones is 1. The molecular weight excluding hydrogens is 684 g/mol. The SMILES string of the molecule is NC[C@@H]1O[C@H](O[C@H]2[C@@H](O)[C@H](O[C@@H]3[C@@H](O)[C@H](CC(=O)C4(O)CNC4)C[C@H](N)[C@H]3O[C@H]3O[C@H](CNCCO)[C@@H](O)C[C@H]3N)O[C@@H]2CO)[C@H](N)[C@@H](O)[C@@H]1O. The fraction of sp³-hybridized carbons (Fsp3) is 0.967. The minimum atomic E-state index is -1.66. The van der Waals surface area contributed by atoms with Crippen LogP contribution in [0.25, 0.3) is 0 Å². The molecule has 0 aromatic carbocycles. The Labute approximate surface area is 294 Å². The van der Waals surface area contributed by atoms with Crippen LogP contribution in [0, 0.1) is 5.92 Å². The van der Waals surface area contributed by atoms with Crippen LogP contribution in [0.5, 0.6) is 0 Å². The van der Waals surface area contributed by atoms with Crippen molar-refractivity contribution in [1.29, 1.82) is 0 Å². The van der Waals surface area contributed by atoms with E-state index in [9.17, 15) is 40.5 Å². The predicted octanol–water partition coefficient (Wildman–Crippen LogP) is -8.66. The molecule has 18 atom stereocenters. The van der Waals surface area contributed by atoms with Crippen LogP contribution in [0.2, 0.25) is 0 Å². The number of nitrogens with one attached hydrogen (secondary N) is 2. The van der Waals surface area contributed by atoms with E-state index in [1.807, 2.05) is 0 Å². The van der Waals surface area contributed by atoms with Gasteiger partial charge in [-0.2, -0.15) is 0 Å². The summed E-state index contributed by atoms with van der Waals surface area (Å²) in [4.78, 5) is 13.0. The highest BCUT2D eigenvalue weighted by molar-refractivity contribution is 5.89. The standard InChI is InChI=1S/C30H56N6O15/c31-6-15-21(42)22(43)19(34)28(46-15)50-25-17(8-38)48-29(23(25)44)51-26-20(41)11(4-18(40)30(45)9-36-10-30)3-12(32)24(26)49-27-13(33)5-14(39)16(47-27)7-35-1-2-37/h11-17,19-29,35-39,41-45H,1-10,31-34H2/t11-,12-,13+,14-,15-,16+,17+,19+,20-,21+,22+,23+,24+,25+,26+,27+,28+,29-/m0/s1. The minimum absolute atomic E-state index is 0.0550. The Morgan fingerprint density at radius 1 is 0.784 bits per heavy atom. The molecule has 0 amide bonds. The molecule has 4 aliphatic heterocycles. The number of rotatable bonds is 15. The van der Waals surface area contributed by atoms with Crippen molar-refractivity contribution in [3.05, 3.63) is 0 Å². The fourth-order valence-electron chi connectivity index (χ4n) is 7.27. The molecule has 1 aliphatic carbocycles. The van der Waals surface area contributed by atoms with Crippen LogP contribution >= 0.6 is 0 Å². The average molecular weight is 741 g/mol. The summed E-state index contributed by atoms with van der Waals surface area (Å²) in [7, 11) is 0. The number of carbonyl (C=O) groups excluding carboxylic acids is 1. The molecule has 0 unspecified atom stereocenters. The lowest BCUT2D eigenvalue weighted by Gasteiger charge is -2.47. The monoisotopic (exact) mass is 740 g/mol. The summed E-state index contributed by atoms with van der Waals surface area (Å²) >= 11 is 0. The van der Waals surface area contributed by atoms with E-state index in [2.05, 4.69) is 10.6 Å². The highest BCUT2D eigenvalue weighted by Gasteiger charge is 2.55. The number of carbonyl (C=O) groups is 1. The van der Waals surface area contributed by atoms with Crippen LogP contribution in [0.1, 0.15) is 19.3 Å². The van der Waals surface area contributed by atoms with E-state index in [0.29, 0.717) is 0 Å². The Morgan fingerprint density at radius 3 is 2.06 bits per heavy atom. The Kier molecular flexibility index (Phi) is 14.1. The number of nitrogens with two attached hydrogens (primary N) is 4. The molecule has 51 heavy (non-hydrogen) atoms. The van der Waals surface area contributed by atoms with E-state index in [1.54, 1.807) is 0 Å². The Balaban J connectivity index is 1.34. The van der Waals surface area contributed by atoms with Gasteiger partial charge in [-0.1, -0.05) is 0 Å². The number of hydrogen-bond donors (Lipinski definition) is 14. The summed E-state index contributed by atoms with van der Waals surface area (Å²) in [5.74, 6) is -1.33. The molecule has 0 aromatic rings. The molecule has 18 N–H and O–H groups in total. The van der Waals surface area contributed by atoms with E-state index < -0.39 is 128 Å². The van der Waals surface area contributed by atoms with Crippen molar-refractivity contribution in [3.63, 3.8) is 0 Å². The molecule has 0 aromatic heterocycles. The van der Waals surface area contributed by atoms with Crippen molar-refractivity contribution in [2.24, 2.45) is 28.9 Å². The highest BCUT2D eigenvalue weighted by atomic mass is 16.8. The van der Waals surface area contributed by atoms with Gasteiger partial charge >= 0.3 is 0 Å². The molecule has 0 spiro atoms. The molecule has 0 bridgehead atoms. The Hall–Kier alpha value is -1.13. The van der Waals surface area contributed by atoms with Gasteiger partial charge in [-0.25, -0.2) is 0 Å². The fourth-order valence-corrected chi connectivity index (χ4v) is 7.27. The van der Waals surface area contributed by atoms with E-state index >= 15 is 0 Å². The largest absolute Gasteiger partial charge is 0.395 e. The first-order chi connectivity index (χ1) is 24.2. The molecule has 1 saturated carbocycles. The smallest absolute Gasteiger partial charge is 0.187 e. The van der Waals surface area contributed by atoms with Crippen molar-refractivity contribution >= 4 is 5.78 Å². The van der Waals surface area contributed by atoms with Gasteiger partial charge in [0.1, 0.15) is 54.4 Å². The molecular formula is C30H56N6O15. The van der Waals surface area contributed by atoms with E-state index in [4.69, 9.17) is 56.5 Å². The van der Waals surface area contributed by atoms with Gasteiger partial charge in [-0.15, -0.1) is 0 Å². The van der Waals surface area contributed by atoms with Gasteiger partial charge in [-0.3, -0.25) is 4.79 Å². The molecule has 4 saturated heterocycles. The Bertz CT molecular complexity index is 1130. The maximum Gasteiger partial charge on any atom is 0.187 e. The molecule has 0 radical (unpaired) electrons. The molecule has 5 fully saturated rings. The summed E-state index contributed by atoms with van der Waals surface area (Å²) in [6, 6.07) is -3.02. The van der Waals surface area contributed by atoms with E-state index in [1.165, 1.54) is 0 Å². The van der Waals surface area contributed by atoms with Crippen molar-refractivity contribution in [3.8, 4) is 0 Å². The van der Waals surface area contributed by atoms with Crippen molar-refractivity contribution < 1.29 is 74.1 Å². The first kappa shape index (κ1) is 41.0. The molecule has 21 nitrogen and oxygen atoms in total. The summed E-state index contributed by atoms with van der Waals surface area (Å²) in [6.45, 7) is -0.454. The van der Waals surface area contributed by atoms with Gasteiger partial charge in [0.05, 0.1) is 43.6 Å². The van der Waals surface area contributed by atoms with Crippen LogP contribution in [0.15, 0.2) is 0 Å². The summed E-state index contributed by atoms with van der Waals surface area (Å²) in [6.07, 6.45) is -18.2. The second-order valence-corrected chi connectivity index (χ2v) is 14.2. The Morgan fingerprint density at radius 2 is 1.43 bits per heavy atom. The van der Waals surface area contributed by atoms with Gasteiger partial charge in [-0.05, 0) is 18.8 Å². The predicted molar refractivity (Wildman–Crippen MR) is 171 cm³/mol. The van der Waals surface area contributed by atoms with Crippen LogP contribution in [-0.2, 0) is 33.2 Å². The second kappa shape index (κ2) is 17.6. The van der Waals surface area contributed by atoms with E-state index in [-0.39, 0.29) is 58.6 Å². The van der Waals surface area contributed by atoms with Gasteiger partial charge in [0.2, 0.25) is 0 Å². The average Bonchev–Trinajstić information content (AvgIpc) is 3.38. The van der Waals surface area contributed by atoms with Gasteiger partial charge in [0, 0.05) is 45.2 Å². The molecule has 4 heterocycles. The molecule has 296 valence electrons. The number of aliphatic hydroxyl groups is 8. The van der Waals surface area contributed by atoms with Crippen LogP contribution < -0.4 is 33.6 Å². The number of ether oxygens (including phenoxy) is 6. The van der Waals surface area contributed by atoms with Gasteiger partial charge in [0.25, 0.3) is 0 Å². The third kappa shape index (κ3) is 8.89. The number of hydrogen-bond acceptors (Lipinski definition) is 21. The number of aliphatic hydroxyl groups excluding tert-OH is 7. The zero-order valence-electron chi connectivity index (χ0n) is 28.2. The normalized spacial score (nSPS) is 47.2. The van der Waals surface area contributed by atoms with Crippen LogP contribution in [0.3, 0.4) is 0 Å².